The number of esters is 1. The minimum Gasteiger partial charge on any atom is -0.459 e. The summed E-state index contributed by atoms with van der Waals surface area (Å²) in [5.41, 5.74) is 0. The second kappa shape index (κ2) is 5.21. The number of hydrogen-bond acceptors (Lipinski definition) is 5. The maximum absolute atomic E-state index is 12.1. The van der Waals surface area contributed by atoms with Gasteiger partial charge in [-0.15, -0.1) is 0 Å². The van der Waals surface area contributed by atoms with Crippen LogP contribution < -0.4 is 0 Å². The molecule has 19 heavy (non-hydrogen) atoms. The van der Waals surface area contributed by atoms with Gasteiger partial charge < -0.3 is 19.4 Å². The lowest BCUT2D eigenvalue weighted by Crippen LogP contribution is -2.39. The fourth-order valence-electron chi connectivity index (χ4n) is 3.26. The van der Waals surface area contributed by atoms with Crippen molar-refractivity contribution >= 4 is 12.3 Å². The number of aliphatic hydroxyl groups is 1. The fraction of sp³-hybridized carbons (Fsp3) is 0.857. The molecule has 1 saturated heterocycles. The average molecular weight is 268 g/mol. The Bertz CT molecular complexity index is 369. The van der Waals surface area contributed by atoms with Crippen molar-refractivity contribution in [1.82, 2.24) is 0 Å². The Morgan fingerprint density at radius 3 is 2.74 bits per heavy atom. The van der Waals surface area contributed by atoms with E-state index in [1.807, 2.05) is 0 Å². The molecular weight excluding hydrogens is 248 g/mol. The van der Waals surface area contributed by atoms with E-state index in [0.717, 1.165) is 25.5 Å². The summed E-state index contributed by atoms with van der Waals surface area (Å²) < 4.78 is 10.8. The number of fused-ring (bicyclic) bond motifs is 1. The van der Waals surface area contributed by atoms with E-state index in [0.29, 0.717) is 25.4 Å². The lowest BCUT2D eigenvalue weighted by atomic mass is 9.85. The molecule has 0 bridgehead atoms. The molecule has 6 atom stereocenters. The van der Waals surface area contributed by atoms with Crippen LogP contribution in [0.4, 0.5) is 0 Å². The summed E-state index contributed by atoms with van der Waals surface area (Å²) in [7, 11) is 0. The maximum Gasteiger partial charge on any atom is 0.309 e. The Hall–Kier alpha value is -0.940. The highest BCUT2D eigenvalue weighted by Crippen LogP contribution is 2.40. The molecule has 1 heterocycles. The van der Waals surface area contributed by atoms with Gasteiger partial charge in [-0.3, -0.25) is 4.79 Å². The van der Waals surface area contributed by atoms with E-state index < -0.39 is 12.2 Å². The van der Waals surface area contributed by atoms with Gasteiger partial charge in [0.15, 0.2) is 0 Å². The van der Waals surface area contributed by atoms with Gasteiger partial charge in [-0.1, -0.05) is 0 Å². The predicted octanol–water partition coefficient (Wildman–Crippen LogP) is 0.826. The van der Waals surface area contributed by atoms with Gasteiger partial charge in [-0.2, -0.15) is 0 Å². The molecule has 2 aliphatic carbocycles. The molecular formula is C14H20O5. The van der Waals surface area contributed by atoms with Crippen molar-refractivity contribution in [2.45, 2.75) is 62.9 Å². The summed E-state index contributed by atoms with van der Waals surface area (Å²) in [5, 5.41) is 9.87. The Labute approximate surface area is 112 Å². The van der Waals surface area contributed by atoms with Crippen LogP contribution in [-0.2, 0) is 19.1 Å². The van der Waals surface area contributed by atoms with E-state index >= 15 is 0 Å². The molecule has 6 unspecified atom stereocenters. The maximum atomic E-state index is 12.1. The van der Waals surface area contributed by atoms with E-state index in [1.165, 1.54) is 0 Å². The number of carbonyl (C=O) groups excluding carboxylic acids is 2. The number of hydrogen-bond donors (Lipinski definition) is 1. The van der Waals surface area contributed by atoms with Crippen molar-refractivity contribution in [3.05, 3.63) is 0 Å². The normalized spacial score (nSPS) is 45.1. The summed E-state index contributed by atoms with van der Waals surface area (Å²) in [6.45, 7) is 0. The lowest BCUT2D eigenvalue weighted by Gasteiger charge is -2.31. The highest BCUT2D eigenvalue weighted by Gasteiger charge is 2.46. The summed E-state index contributed by atoms with van der Waals surface area (Å²) in [6, 6.07) is 0. The molecule has 1 N–H and O–H groups in total. The van der Waals surface area contributed by atoms with Crippen molar-refractivity contribution in [2.24, 2.45) is 11.8 Å². The highest BCUT2D eigenvalue weighted by atomic mass is 16.6. The molecule has 3 aliphatic rings. The largest absolute Gasteiger partial charge is 0.459 e. The highest BCUT2D eigenvalue weighted by molar-refractivity contribution is 5.73. The van der Waals surface area contributed by atoms with Crippen LogP contribution >= 0.6 is 0 Å². The van der Waals surface area contributed by atoms with E-state index in [4.69, 9.17) is 9.47 Å². The molecule has 0 aromatic heterocycles. The number of aldehydes is 1. The summed E-state index contributed by atoms with van der Waals surface area (Å²) in [4.78, 5) is 22.9. The van der Waals surface area contributed by atoms with Gasteiger partial charge in [0.25, 0.3) is 0 Å². The second-order valence-corrected chi connectivity index (χ2v) is 5.97. The molecule has 3 rings (SSSR count). The van der Waals surface area contributed by atoms with Gasteiger partial charge >= 0.3 is 5.97 Å². The number of epoxide rings is 1. The van der Waals surface area contributed by atoms with Crippen molar-refractivity contribution in [3.8, 4) is 0 Å². The first-order valence-electron chi connectivity index (χ1n) is 7.16. The van der Waals surface area contributed by atoms with Gasteiger partial charge in [0.05, 0.1) is 24.2 Å². The number of carbonyl (C=O) groups is 2. The second-order valence-electron chi connectivity index (χ2n) is 5.97. The molecule has 5 heteroatoms. The van der Waals surface area contributed by atoms with E-state index in [-0.39, 0.29) is 23.9 Å². The number of rotatable bonds is 3. The van der Waals surface area contributed by atoms with E-state index in [1.54, 1.807) is 0 Å². The quantitative estimate of drug-likeness (QED) is 0.466. The molecule has 3 fully saturated rings. The Morgan fingerprint density at radius 2 is 2.00 bits per heavy atom. The molecule has 5 nitrogen and oxygen atoms in total. The molecule has 0 amide bonds. The van der Waals surface area contributed by atoms with Crippen LogP contribution in [0.3, 0.4) is 0 Å². The zero-order valence-corrected chi connectivity index (χ0v) is 10.9. The van der Waals surface area contributed by atoms with E-state index in [2.05, 4.69) is 0 Å². The summed E-state index contributed by atoms with van der Waals surface area (Å²) >= 11 is 0. The van der Waals surface area contributed by atoms with Crippen LogP contribution in [0.1, 0.15) is 38.5 Å². The van der Waals surface area contributed by atoms with Crippen LogP contribution in [0.25, 0.3) is 0 Å². The third-order valence-corrected chi connectivity index (χ3v) is 4.59. The number of aliphatic hydroxyl groups excluding tert-OH is 1. The Balaban J connectivity index is 1.53. The monoisotopic (exact) mass is 268 g/mol. The minimum absolute atomic E-state index is 0.0938. The smallest absolute Gasteiger partial charge is 0.309 e. The zero-order chi connectivity index (χ0) is 13.4. The van der Waals surface area contributed by atoms with Crippen molar-refractivity contribution in [1.29, 1.82) is 0 Å². The first-order valence-corrected chi connectivity index (χ1v) is 7.16. The predicted molar refractivity (Wildman–Crippen MR) is 65.3 cm³/mol. The zero-order valence-electron chi connectivity index (χ0n) is 10.9. The summed E-state index contributed by atoms with van der Waals surface area (Å²) in [6.07, 6.45) is 4.48. The first kappa shape index (κ1) is 13.1. The number of ether oxygens (including phenoxy) is 2. The molecule has 2 saturated carbocycles. The van der Waals surface area contributed by atoms with Gasteiger partial charge in [-0.25, -0.2) is 0 Å². The SMILES string of the molecule is O=CC1CCC(O)C(OC(=O)C2CCC3OC3C2)C1. The van der Waals surface area contributed by atoms with Crippen LogP contribution in [0, 0.1) is 11.8 Å². The Morgan fingerprint density at radius 1 is 1.16 bits per heavy atom. The summed E-state index contributed by atoms with van der Waals surface area (Å²) in [5.74, 6) is -0.430. The first-order chi connectivity index (χ1) is 9.17. The third-order valence-electron chi connectivity index (χ3n) is 4.59. The lowest BCUT2D eigenvalue weighted by molar-refractivity contribution is -0.165. The molecule has 0 aromatic rings. The van der Waals surface area contributed by atoms with Crippen molar-refractivity contribution < 1.29 is 24.2 Å². The molecule has 0 spiro atoms. The van der Waals surface area contributed by atoms with Crippen molar-refractivity contribution in [3.63, 3.8) is 0 Å². The van der Waals surface area contributed by atoms with Crippen molar-refractivity contribution in [2.75, 3.05) is 0 Å². The standard InChI is InChI=1S/C14H20O5/c15-7-8-1-3-10(16)12(5-8)19-14(17)9-2-4-11-13(6-9)18-11/h7-13,16H,1-6H2. The van der Waals surface area contributed by atoms with E-state index in [9.17, 15) is 14.7 Å². The van der Waals surface area contributed by atoms with Gasteiger partial charge in [0.2, 0.25) is 0 Å². The molecule has 0 aromatic carbocycles. The minimum atomic E-state index is -0.631. The van der Waals surface area contributed by atoms with Gasteiger partial charge in [0.1, 0.15) is 12.4 Å². The van der Waals surface area contributed by atoms with Gasteiger partial charge in [0, 0.05) is 5.92 Å². The Kier molecular flexibility index (Phi) is 3.58. The molecule has 1 aliphatic heterocycles. The molecule has 0 radical (unpaired) electrons. The third kappa shape index (κ3) is 2.82. The van der Waals surface area contributed by atoms with Gasteiger partial charge in [-0.05, 0) is 38.5 Å². The van der Waals surface area contributed by atoms with Crippen LogP contribution in [0.5, 0.6) is 0 Å². The van der Waals surface area contributed by atoms with Crippen LogP contribution in [0.15, 0.2) is 0 Å². The van der Waals surface area contributed by atoms with Crippen LogP contribution in [0.2, 0.25) is 0 Å². The van der Waals surface area contributed by atoms with Crippen LogP contribution in [-0.4, -0.2) is 41.8 Å². The topological polar surface area (TPSA) is 76.1 Å². The average Bonchev–Trinajstić information content (AvgIpc) is 3.19. The molecule has 106 valence electrons. The fourth-order valence-corrected chi connectivity index (χ4v) is 3.26.